The molecule has 1 heterocycles. The molecule has 1 aliphatic heterocycles. The second kappa shape index (κ2) is 5.77. The summed E-state index contributed by atoms with van der Waals surface area (Å²) in [4.78, 5) is 0. The fourth-order valence-electron chi connectivity index (χ4n) is 2.43. The van der Waals surface area contributed by atoms with Gasteiger partial charge in [0.2, 0.25) is 0 Å². The van der Waals surface area contributed by atoms with Crippen LogP contribution in [0, 0.1) is 5.82 Å². The Kier molecular flexibility index (Phi) is 4.48. The van der Waals surface area contributed by atoms with Gasteiger partial charge >= 0.3 is 0 Å². The Bertz CT molecular complexity index is 562. The van der Waals surface area contributed by atoms with Gasteiger partial charge in [-0.1, -0.05) is 30.7 Å². The highest BCUT2D eigenvalue weighted by molar-refractivity contribution is 7.91. The van der Waals surface area contributed by atoms with Crippen molar-refractivity contribution in [3.63, 3.8) is 0 Å². The highest BCUT2D eigenvalue weighted by Crippen LogP contribution is 2.26. The molecule has 1 N–H and O–H groups in total. The summed E-state index contributed by atoms with van der Waals surface area (Å²) in [6.45, 7) is 1.93. The van der Waals surface area contributed by atoms with Crippen molar-refractivity contribution in [3.8, 4) is 0 Å². The van der Waals surface area contributed by atoms with Crippen molar-refractivity contribution in [2.75, 3.05) is 11.5 Å². The molecule has 0 radical (unpaired) electrons. The Morgan fingerprint density at radius 3 is 2.84 bits per heavy atom. The first-order valence-electron chi connectivity index (χ1n) is 6.33. The van der Waals surface area contributed by atoms with E-state index in [1.165, 1.54) is 6.07 Å². The van der Waals surface area contributed by atoms with Crippen molar-refractivity contribution in [1.29, 1.82) is 0 Å². The molecular formula is C13H17ClFNO2S. The quantitative estimate of drug-likeness (QED) is 0.930. The first-order valence-corrected chi connectivity index (χ1v) is 8.53. The van der Waals surface area contributed by atoms with Gasteiger partial charge in [0.1, 0.15) is 5.82 Å². The van der Waals surface area contributed by atoms with E-state index in [1.54, 1.807) is 12.1 Å². The number of rotatable bonds is 4. The highest BCUT2D eigenvalue weighted by Gasteiger charge is 2.30. The van der Waals surface area contributed by atoms with Gasteiger partial charge in [-0.25, -0.2) is 12.8 Å². The van der Waals surface area contributed by atoms with Crippen LogP contribution in [-0.2, 0) is 9.84 Å². The minimum Gasteiger partial charge on any atom is -0.306 e. The lowest BCUT2D eigenvalue weighted by Crippen LogP contribution is -2.34. The summed E-state index contributed by atoms with van der Waals surface area (Å²) < 4.78 is 36.8. The van der Waals surface area contributed by atoms with Crippen LogP contribution in [0.25, 0.3) is 0 Å². The van der Waals surface area contributed by atoms with Crippen molar-refractivity contribution in [2.45, 2.75) is 31.8 Å². The fourth-order valence-corrected chi connectivity index (χ4v) is 4.30. The molecule has 6 heteroatoms. The standard InChI is InChI=1S/C13H17ClFNO2S/c1-2-12(10-4-3-5-11(14)13(10)15)16-9-6-7-19(17,18)8-9/h3-5,9,12,16H,2,6-8H2,1H3/t9-,12-/m1/s1. The van der Waals surface area contributed by atoms with Gasteiger partial charge in [0.05, 0.1) is 16.5 Å². The van der Waals surface area contributed by atoms with Crippen LogP contribution < -0.4 is 5.32 Å². The van der Waals surface area contributed by atoms with Crippen LogP contribution in [0.2, 0.25) is 5.02 Å². The van der Waals surface area contributed by atoms with Crippen molar-refractivity contribution in [2.24, 2.45) is 0 Å². The predicted molar refractivity (Wildman–Crippen MR) is 74.6 cm³/mol. The zero-order valence-electron chi connectivity index (χ0n) is 10.7. The summed E-state index contributed by atoms with van der Waals surface area (Å²) in [5.74, 6) is -0.0884. The molecule has 1 saturated heterocycles. The van der Waals surface area contributed by atoms with Crippen molar-refractivity contribution in [3.05, 3.63) is 34.6 Å². The van der Waals surface area contributed by atoms with Crippen LogP contribution in [0.1, 0.15) is 31.4 Å². The average Bonchev–Trinajstić information content (AvgIpc) is 2.70. The first-order chi connectivity index (χ1) is 8.93. The maximum atomic E-state index is 14.0. The molecule has 3 nitrogen and oxygen atoms in total. The smallest absolute Gasteiger partial charge is 0.151 e. The molecule has 0 saturated carbocycles. The number of sulfone groups is 1. The summed E-state index contributed by atoms with van der Waals surface area (Å²) in [6.07, 6.45) is 1.26. The topological polar surface area (TPSA) is 46.2 Å². The van der Waals surface area contributed by atoms with Crippen LogP contribution in [0.4, 0.5) is 4.39 Å². The summed E-state index contributed by atoms with van der Waals surface area (Å²) in [5.41, 5.74) is 0.499. The zero-order valence-corrected chi connectivity index (χ0v) is 12.3. The second-order valence-corrected chi connectivity index (χ2v) is 7.51. The Morgan fingerprint density at radius 1 is 1.53 bits per heavy atom. The largest absolute Gasteiger partial charge is 0.306 e. The van der Waals surface area contributed by atoms with Gasteiger partial charge in [0.15, 0.2) is 9.84 Å². The van der Waals surface area contributed by atoms with E-state index in [0.717, 1.165) is 0 Å². The number of nitrogens with one attached hydrogen (secondary N) is 1. The second-order valence-electron chi connectivity index (χ2n) is 4.87. The molecule has 1 aliphatic rings. The molecule has 1 fully saturated rings. The van der Waals surface area contributed by atoms with Gasteiger partial charge in [0, 0.05) is 17.6 Å². The van der Waals surface area contributed by atoms with Crippen LogP contribution in [-0.4, -0.2) is 26.0 Å². The van der Waals surface area contributed by atoms with Crippen LogP contribution in [0.3, 0.4) is 0 Å². The average molecular weight is 306 g/mol. The van der Waals surface area contributed by atoms with E-state index in [1.807, 2.05) is 6.92 Å². The van der Waals surface area contributed by atoms with Gasteiger partial charge in [-0.2, -0.15) is 0 Å². The highest BCUT2D eigenvalue weighted by atomic mass is 35.5. The van der Waals surface area contributed by atoms with E-state index >= 15 is 0 Å². The summed E-state index contributed by atoms with van der Waals surface area (Å²) >= 11 is 5.78. The molecule has 0 amide bonds. The number of benzene rings is 1. The molecule has 2 atom stereocenters. The third-order valence-electron chi connectivity index (χ3n) is 3.43. The summed E-state index contributed by atoms with van der Waals surface area (Å²) in [5, 5.41) is 3.32. The molecule has 0 bridgehead atoms. The number of halogens is 2. The number of hydrogen-bond donors (Lipinski definition) is 1. The Morgan fingerprint density at radius 2 is 2.26 bits per heavy atom. The van der Waals surface area contributed by atoms with Gasteiger partial charge in [-0.05, 0) is 18.9 Å². The van der Waals surface area contributed by atoms with Gasteiger partial charge < -0.3 is 5.32 Å². The van der Waals surface area contributed by atoms with E-state index < -0.39 is 15.7 Å². The van der Waals surface area contributed by atoms with Crippen molar-refractivity contribution < 1.29 is 12.8 Å². The minimum absolute atomic E-state index is 0.0943. The Labute approximate surface area is 118 Å². The molecule has 0 spiro atoms. The molecule has 2 rings (SSSR count). The molecule has 1 aromatic carbocycles. The lowest BCUT2D eigenvalue weighted by Gasteiger charge is -2.22. The van der Waals surface area contributed by atoms with Crippen molar-refractivity contribution in [1.82, 2.24) is 5.32 Å². The monoisotopic (exact) mass is 305 g/mol. The zero-order chi connectivity index (χ0) is 14.0. The van der Waals surface area contributed by atoms with Crippen LogP contribution in [0.5, 0.6) is 0 Å². The minimum atomic E-state index is -2.93. The molecule has 0 aliphatic carbocycles. The summed E-state index contributed by atoms with van der Waals surface area (Å²) in [6, 6.07) is 4.58. The molecule has 0 unspecified atom stereocenters. The fraction of sp³-hybridized carbons (Fsp3) is 0.538. The normalized spacial score (nSPS) is 23.4. The molecule has 0 aromatic heterocycles. The molecule has 106 valence electrons. The van der Waals surface area contributed by atoms with Gasteiger partial charge in [0.25, 0.3) is 0 Å². The van der Waals surface area contributed by atoms with E-state index in [9.17, 15) is 12.8 Å². The van der Waals surface area contributed by atoms with Crippen LogP contribution in [0.15, 0.2) is 18.2 Å². The molecule has 1 aromatic rings. The molecular weight excluding hydrogens is 289 g/mol. The maximum Gasteiger partial charge on any atom is 0.151 e. The summed E-state index contributed by atoms with van der Waals surface area (Å²) in [7, 11) is -2.93. The lowest BCUT2D eigenvalue weighted by molar-refractivity contribution is 0.434. The maximum absolute atomic E-state index is 14.0. The SMILES string of the molecule is CC[C@@H](N[C@@H]1CCS(=O)(=O)C1)c1cccc(Cl)c1F. The predicted octanol–water partition coefficient (Wildman–Crippen LogP) is 2.71. The third-order valence-corrected chi connectivity index (χ3v) is 5.49. The third kappa shape index (κ3) is 3.46. The first kappa shape index (κ1) is 14.8. The van der Waals surface area contributed by atoms with E-state index in [0.29, 0.717) is 18.4 Å². The van der Waals surface area contributed by atoms with Crippen molar-refractivity contribution >= 4 is 21.4 Å². The number of hydrogen-bond acceptors (Lipinski definition) is 3. The van der Waals surface area contributed by atoms with Gasteiger partial charge in [-0.15, -0.1) is 0 Å². The van der Waals surface area contributed by atoms with E-state index in [4.69, 9.17) is 11.6 Å². The van der Waals surface area contributed by atoms with E-state index in [2.05, 4.69) is 5.32 Å². The van der Waals surface area contributed by atoms with Crippen LogP contribution >= 0.6 is 11.6 Å². The Balaban J connectivity index is 2.15. The molecule has 19 heavy (non-hydrogen) atoms. The van der Waals surface area contributed by atoms with E-state index in [-0.39, 0.29) is 28.6 Å². The Hall–Kier alpha value is -0.650. The van der Waals surface area contributed by atoms with Gasteiger partial charge in [-0.3, -0.25) is 0 Å². The lowest BCUT2D eigenvalue weighted by atomic mass is 10.0.